The predicted octanol–water partition coefficient (Wildman–Crippen LogP) is 5.23. The van der Waals surface area contributed by atoms with E-state index in [9.17, 15) is 18.0 Å². The van der Waals surface area contributed by atoms with Gasteiger partial charge in [-0.15, -0.1) is 0 Å². The summed E-state index contributed by atoms with van der Waals surface area (Å²) in [5.74, 6) is -0.171. The summed E-state index contributed by atoms with van der Waals surface area (Å²) >= 11 is 0. The van der Waals surface area contributed by atoms with E-state index in [1.165, 1.54) is 17.0 Å². The van der Waals surface area contributed by atoms with Gasteiger partial charge in [0, 0.05) is 12.6 Å². The molecule has 8 nitrogen and oxygen atoms in total. The molecule has 3 rings (SSSR count). The Kier molecular flexibility index (Phi) is 10.9. The van der Waals surface area contributed by atoms with Gasteiger partial charge in [-0.05, 0) is 88.6 Å². The van der Waals surface area contributed by atoms with Gasteiger partial charge in [0.05, 0.1) is 17.2 Å². The summed E-state index contributed by atoms with van der Waals surface area (Å²) in [6, 6.07) is 19.9. The summed E-state index contributed by atoms with van der Waals surface area (Å²) in [4.78, 5) is 29.0. The molecule has 0 heterocycles. The minimum absolute atomic E-state index is 0.0693. The second-order valence-electron chi connectivity index (χ2n) is 10.3. The van der Waals surface area contributed by atoms with Crippen LogP contribution in [0.25, 0.3) is 0 Å². The van der Waals surface area contributed by atoms with Crippen LogP contribution in [-0.2, 0) is 26.2 Å². The fourth-order valence-corrected chi connectivity index (χ4v) is 5.93. The van der Waals surface area contributed by atoms with Gasteiger partial charge in [-0.1, -0.05) is 48.9 Å². The third-order valence-corrected chi connectivity index (χ3v) is 8.53. The Morgan fingerprint density at radius 2 is 1.54 bits per heavy atom. The molecular formula is C32H41N3O5S. The van der Waals surface area contributed by atoms with Crippen LogP contribution in [0.1, 0.15) is 50.8 Å². The normalized spacial score (nSPS) is 12.1. The highest BCUT2D eigenvalue weighted by Crippen LogP contribution is 2.27. The Balaban J connectivity index is 2.07. The number of anilines is 1. The highest BCUT2D eigenvalue weighted by molar-refractivity contribution is 7.92. The molecule has 0 radical (unpaired) electrons. The summed E-state index contributed by atoms with van der Waals surface area (Å²) in [5, 5.41) is 2.92. The Hall–Kier alpha value is -3.85. The van der Waals surface area contributed by atoms with Crippen LogP contribution in [0.4, 0.5) is 5.69 Å². The Morgan fingerprint density at radius 3 is 2.10 bits per heavy atom. The molecule has 1 N–H and O–H groups in total. The van der Waals surface area contributed by atoms with Crippen molar-refractivity contribution in [3.63, 3.8) is 0 Å². The van der Waals surface area contributed by atoms with Gasteiger partial charge in [-0.3, -0.25) is 13.9 Å². The number of benzene rings is 3. The van der Waals surface area contributed by atoms with E-state index in [4.69, 9.17) is 4.74 Å². The molecule has 3 aromatic rings. The molecule has 3 aromatic carbocycles. The zero-order valence-corrected chi connectivity index (χ0v) is 25.6. The number of nitrogens with zero attached hydrogens (tertiary/aromatic N) is 2. The molecule has 41 heavy (non-hydrogen) atoms. The van der Waals surface area contributed by atoms with Crippen LogP contribution in [0.2, 0.25) is 0 Å². The average Bonchev–Trinajstić information content (AvgIpc) is 2.93. The molecule has 1 atom stereocenters. The van der Waals surface area contributed by atoms with E-state index in [-0.39, 0.29) is 23.4 Å². The topological polar surface area (TPSA) is 96.0 Å². The quantitative estimate of drug-likeness (QED) is 0.299. The average molecular weight is 580 g/mol. The van der Waals surface area contributed by atoms with Crippen LogP contribution in [0.3, 0.4) is 0 Å². The number of ether oxygens (including phenoxy) is 1. The summed E-state index contributed by atoms with van der Waals surface area (Å²) in [6.45, 7) is 11.4. The van der Waals surface area contributed by atoms with Crippen LogP contribution in [0.5, 0.6) is 5.75 Å². The Labute approximate surface area is 244 Å². The Bertz CT molecular complexity index is 1420. The number of carbonyl (C=O) groups excluding carboxylic acids is 2. The first kappa shape index (κ1) is 31.7. The molecule has 0 aliphatic rings. The van der Waals surface area contributed by atoms with Crippen molar-refractivity contribution in [3.8, 4) is 5.75 Å². The molecule has 2 amide bonds. The van der Waals surface area contributed by atoms with Gasteiger partial charge in [-0.25, -0.2) is 8.42 Å². The first-order valence-corrected chi connectivity index (χ1v) is 15.4. The highest BCUT2D eigenvalue weighted by Gasteiger charge is 2.34. The van der Waals surface area contributed by atoms with E-state index in [1.807, 2.05) is 65.8 Å². The number of hydrogen-bond acceptors (Lipinski definition) is 5. The lowest BCUT2D eigenvalue weighted by Gasteiger charge is -2.34. The zero-order valence-electron chi connectivity index (χ0n) is 24.8. The number of carbonyl (C=O) groups is 2. The van der Waals surface area contributed by atoms with Crippen LogP contribution in [0, 0.1) is 13.8 Å². The van der Waals surface area contributed by atoms with Crippen molar-refractivity contribution in [1.82, 2.24) is 10.2 Å². The van der Waals surface area contributed by atoms with Gasteiger partial charge in [0.15, 0.2) is 0 Å². The first-order valence-electron chi connectivity index (χ1n) is 13.9. The van der Waals surface area contributed by atoms with Gasteiger partial charge in [0.25, 0.3) is 10.0 Å². The first-order chi connectivity index (χ1) is 19.5. The third kappa shape index (κ3) is 8.10. The highest BCUT2D eigenvalue weighted by atomic mass is 32.2. The fourth-order valence-electron chi connectivity index (χ4n) is 4.51. The fraction of sp³-hybridized carbons (Fsp3) is 0.375. The minimum atomic E-state index is -4.13. The van der Waals surface area contributed by atoms with Crippen molar-refractivity contribution >= 4 is 27.5 Å². The predicted molar refractivity (Wildman–Crippen MR) is 162 cm³/mol. The molecule has 0 unspecified atom stereocenters. The van der Waals surface area contributed by atoms with Crippen molar-refractivity contribution in [3.05, 3.63) is 89.5 Å². The van der Waals surface area contributed by atoms with Gasteiger partial charge < -0.3 is 15.0 Å². The second kappa shape index (κ2) is 14.2. The molecule has 0 saturated heterocycles. The van der Waals surface area contributed by atoms with Crippen molar-refractivity contribution in [2.24, 2.45) is 0 Å². The number of nitrogens with one attached hydrogen (secondary N) is 1. The number of hydrogen-bond donors (Lipinski definition) is 1. The number of amides is 2. The zero-order chi connectivity index (χ0) is 30.2. The van der Waals surface area contributed by atoms with Crippen molar-refractivity contribution < 1.29 is 22.7 Å². The lowest BCUT2D eigenvalue weighted by Crippen LogP contribution is -2.53. The molecule has 0 aliphatic carbocycles. The summed E-state index contributed by atoms with van der Waals surface area (Å²) < 4.78 is 34.6. The molecular weight excluding hydrogens is 538 g/mol. The lowest BCUT2D eigenvalue weighted by molar-refractivity contribution is -0.140. The monoisotopic (exact) mass is 579 g/mol. The van der Waals surface area contributed by atoms with E-state index in [2.05, 4.69) is 5.32 Å². The Morgan fingerprint density at radius 1 is 0.902 bits per heavy atom. The molecule has 0 spiro atoms. The second-order valence-corrected chi connectivity index (χ2v) is 12.1. The molecule has 0 saturated carbocycles. The molecule has 0 bridgehead atoms. The van der Waals surface area contributed by atoms with Crippen molar-refractivity contribution in [1.29, 1.82) is 0 Å². The largest absolute Gasteiger partial charge is 0.494 e. The maximum Gasteiger partial charge on any atom is 0.264 e. The molecule has 0 aromatic heterocycles. The van der Waals surface area contributed by atoms with Crippen molar-refractivity contribution in [2.75, 3.05) is 17.5 Å². The standard InChI is InChI=1S/C32H41N3O5S/c1-7-30(32(37)33-23(3)4)34(21-26-12-10-9-11-25(26)6)31(36)22-35(27-15-17-28(18-16-27)40-8-2)41(38,39)29-19-13-24(5)14-20-29/h9-20,23,30H,7-8,21-22H2,1-6H3,(H,33,37)/t30-/m1/s1. The van der Waals surface area contributed by atoms with Crippen LogP contribution in [0.15, 0.2) is 77.7 Å². The summed E-state index contributed by atoms with van der Waals surface area (Å²) in [7, 11) is -4.13. The number of rotatable bonds is 13. The molecule has 0 fully saturated rings. The number of aryl methyl sites for hydroxylation is 2. The number of sulfonamides is 1. The van der Waals surface area contributed by atoms with E-state index in [0.717, 1.165) is 21.0 Å². The van der Waals surface area contributed by atoms with E-state index in [0.29, 0.717) is 24.5 Å². The summed E-state index contributed by atoms with van der Waals surface area (Å²) in [5.41, 5.74) is 3.09. The van der Waals surface area contributed by atoms with E-state index >= 15 is 0 Å². The van der Waals surface area contributed by atoms with Gasteiger partial charge in [0.1, 0.15) is 18.3 Å². The van der Waals surface area contributed by atoms with Gasteiger partial charge in [-0.2, -0.15) is 0 Å². The van der Waals surface area contributed by atoms with Crippen molar-refractivity contribution in [2.45, 2.75) is 71.5 Å². The van der Waals surface area contributed by atoms with Crippen LogP contribution < -0.4 is 14.4 Å². The molecule has 0 aliphatic heterocycles. The maximum atomic E-state index is 14.1. The minimum Gasteiger partial charge on any atom is -0.494 e. The SMILES string of the molecule is CCOc1ccc(N(CC(=O)N(Cc2ccccc2C)[C@H](CC)C(=O)NC(C)C)S(=O)(=O)c2ccc(C)cc2)cc1. The van der Waals surface area contributed by atoms with Crippen LogP contribution in [-0.4, -0.2) is 50.4 Å². The maximum absolute atomic E-state index is 14.1. The van der Waals surface area contributed by atoms with E-state index in [1.54, 1.807) is 36.4 Å². The molecule has 220 valence electrons. The third-order valence-electron chi connectivity index (χ3n) is 6.74. The van der Waals surface area contributed by atoms with E-state index < -0.39 is 28.5 Å². The molecule has 9 heteroatoms. The van der Waals surface area contributed by atoms with Gasteiger partial charge >= 0.3 is 0 Å². The van der Waals surface area contributed by atoms with Crippen LogP contribution >= 0.6 is 0 Å². The van der Waals surface area contributed by atoms with Gasteiger partial charge in [0.2, 0.25) is 11.8 Å². The lowest BCUT2D eigenvalue weighted by atomic mass is 10.1. The smallest absolute Gasteiger partial charge is 0.264 e. The summed E-state index contributed by atoms with van der Waals surface area (Å²) in [6.07, 6.45) is 0.365.